The molecule has 2 aromatic rings. The second-order valence-electron chi connectivity index (χ2n) is 7.65. The molecule has 6 nitrogen and oxygen atoms in total. The molecule has 4 rings (SSSR count). The number of hydrogen-bond acceptors (Lipinski definition) is 4. The van der Waals surface area contributed by atoms with E-state index in [1.54, 1.807) is 6.07 Å². The van der Waals surface area contributed by atoms with Crippen molar-refractivity contribution in [1.82, 2.24) is 14.8 Å². The molecule has 1 unspecified atom stereocenters. The molecule has 1 atom stereocenters. The smallest absolute Gasteiger partial charge is 0.261 e. The first-order valence-corrected chi connectivity index (χ1v) is 10.1. The lowest BCUT2D eigenvalue weighted by Gasteiger charge is -2.36. The number of nitrogens with one attached hydrogen (secondary N) is 1. The predicted octanol–water partition coefficient (Wildman–Crippen LogP) is 2.23. The Kier molecular flexibility index (Phi) is 5.88. The van der Waals surface area contributed by atoms with Gasteiger partial charge in [0.1, 0.15) is 5.56 Å². The van der Waals surface area contributed by atoms with Gasteiger partial charge in [0.15, 0.2) is 0 Å². The van der Waals surface area contributed by atoms with E-state index in [0.29, 0.717) is 5.92 Å². The Hall–Kier alpha value is -2.44. The van der Waals surface area contributed by atoms with E-state index in [4.69, 9.17) is 4.74 Å². The Morgan fingerprint density at radius 3 is 2.61 bits per heavy atom. The van der Waals surface area contributed by atoms with E-state index in [1.165, 1.54) is 0 Å². The van der Waals surface area contributed by atoms with Gasteiger partial charge >= 0.3 is 0 Å². The van der Waals surface area contributed by atoms with Crippen molar-refractivity contribution < 1.29 is 9.53 Å². The number of carbonyl (C=O) groups excluding carboxylic acids is 1. The number of aromatic amines is 1. The summed E-state index contributed by atoms with van der Waals surface area (Å²) in [5.41, 5.74) is 1.57. The maximum Gasteiger partial charge on any atom is 0.261 e. The first-order valence-electron chi connectivity index (χ1n) is 10.1. The van der Waals surface area contributed by atoms with Crippen LogP contribution < -0.4 is 5.56 Å². The number of carbonyl (C=O) groups is 1. The summed E-state index contributed by atoms with van der Waals surface area (Å²) >= 11 is 0. The van der Waals surface area contributed by atoms with Gasteiger partial charge in [-0.3, -0.25) is 14.5 Å². The molecule has 148 valence electrons. The third-order valence-electron chi connectivity index (χ3n) is 5.65. The molecule has 2 fully saturated rings. The standard InChI is InChI=1S/C22H27N3O3/c26-21-19(8-9-20(23-21)18-6-2-1-3-7-18)22(27)25-10-4-5-17(16-25)15-24-11-13-28-14-12-24/h1-3,6-9,17H,4-5,10-16H2,(H,23,26). The number of pyridine rings is 1. The van der Waals surface area contributed by atoms with Crippen LogP contribution in [0.25, 0.3) is 11.3 Å². The van der Waals surface area contributed by atoms with E-state index in [9.17, 15) is 9.59 Å². The van der Waals surface area contributed by atoms with Gasteiger partial charge in [-0.1, -0.05) is 30.3 Å². The van der Waals surface area contributed by atoms with Gasteiger partial charge in [-0.15, -0.1) is 0 Å². The van der Waals surface area contributed by atoms with Crippen LogP contribution >= 0.6 is 0 Å². The molecule has 0 radical (unpaired) electrons. The highest BCUT2D eigenvalue weighted by molar-refractivity contribution is 5.94. The summed E-state index contributed by atoms with van der Waals surface area (Å²) < 4.78 is 5.42. The summed E-state index contributed by atoms with van der Waals surface area (Å²) in [5, 5.41) is 0. The quantitative estimate of drug-likeness (QED) is 0.882. The van der Waals surface area contributed by atoms with Gasteiger partial charge < -0.3 is 14.6 Å². The van der Waals surface area contributed by atoms with Crippen LogP contribution in [0.2, 0.25) is 0 Å². The summed E-state index contributed by atoms with van der Waals surface area (Å²) in [6, 6.07) is 13.1. The minimum atomic E-state index is -0.318. The molecule has 0 bridgehead atoms. The Bertz CT molecular complexity index is 859. The fraction of sp³-hybridized carbons (Fsp3) is 0.455. The zero-order valence-electron chi connectivity index (χ0n) is 16.1. The van der Waals surface area contributed by atoms with Crippen LogP contribution in [-0.2, 0) is 4.74 Å². The van der Waals surface area contributed by atoms with Gasteiger partial charge in [-0.25, -0.2) is 0 Å². The van der Waals surface area contributed by atoms with E-state index in [-0.39, 0.29) is 17.0 Å². The maximum atomic E-state index is 13.0. The van der Waals surface area contributed by atoms with Crippen molar-refractivity contribution in [2.24, 2.45) is 5.92 Å². The van der Waals surface area contributed by atoms with Crippen molar-refractivity contribution in [3.63, 3.8) is 0 Å². The summed E-state index contributed by atoms with van der Waals surface area (Å²) in [5.74, 6) is 0.297. The average Bonchev–Trinajstić information content (AvgIpc) is 2.75. The molecule has 6 heteroatoms. The number of H-pyrrole nitrogens is 1. The maximum absolute atomic E-state index is 13.0. The number of aromatic nitrogens is 1. The van der Waals surface area contributed by atoms with Crippen LogP contribution in [0, 0.1) is 5.92 Å². The first kappa shape index (κ1) is 18.9. The number of likely N-dealkylation sites (tertiary alicyclic amines) is 1. The number of morpholine rings is 1. The molecule has 3 heterocycles. The van der Waals surface area contributed by atoms with Crippen molar-refractivity contribution in [2.45, 2.75) is 12.8 Å². The van der Waals surface area contributed by atoms with Gasteiger partial charge in [-0.2, -0.15) is 0 Å². The predicted molar refractivity (Wildman–Crippen MR) is 108 cm³/mol. The zero-order chi connectivity index (χ0) is 19.3. The highest BCUT2D eigenvalue weighted by Crippen LogP contribution is 2.20. The number of ether oxygens (including phenoxy) is 1. The molecule has 2 aliphatic heterocycles. The SMILES string of the molecule is O=C(c1ccc(-c2ccccc2)[nH]c1=O)N1CCCC(CN2CCOCC2)C1. The Morgan fingerprint density at radius 1 is 1.07 bits per heavy atom. The molecular weight excluding hydrogens is 354 g/mol. The van der Waals surface area contributed by atoms with Gasteiger partial charge in [0.25, 0.3) is 11.5 Å². The molecule has 1 aromatic carbocycles. The molecule has 1 aromatic heterocycles. The van der Waals surface area contributed by atoms with Crippen LogP contribution in [0.15, 0.2) is 47.3 Å². The summed E-state index contributed by atoms with van der Waals surface area (Å²) in [6.07, 6.45) is 2.12. The van der Waals surface area contributed by atoms with Crippen molar-refractivity contribution in [2.75, 3.05) is 45.9 Å². The normalized spacial score (nSPS) is 20.9. The molecule has 0 spiro atoms. The largest absolute Gasteiger partial charge is 0.379 e. The van der Waals surface area contributed by atoms with Crippen LogP contribution in [0.3, 0.4) is 0 Å². The Labute approximate surface area is 165 Å². The van der Waals surface area contributed by atoms with Crippen LogP contribution in [0.4, 0.5) is 0 Å². The Morgan fingerprint density at radius 2 is 1.86 bits per heavy atom. The zero-order valence-corrected chi connectivity index (χ0v) is 16.1. The second kappa shape index (κ2) is 8.71. The van der Waals surface area contributed by atoms with Gasteiger partial charge in [0, 0.05) is 38.4 Å². The molecule has 28 heavy (non-hydrogen) atoms. The molecule has 1 N–H and O–H groups in total. The van der Waals surface area contributed by atoms with E-state index in [1.807, 2.05) is 41.3 Å². The summed E-state index contributed by atoms with van der Waals surface area (Å²) in [4.78, 5) is 32.7. The van der Waals surface area contributed by atoms with Crippen molar-refractivity contribution in [3.05, 3.63) is 58.4 Å². The van der Waals surface area contributed by atoms with Crippen molar-refractivity contribution in [3.8, 4) is 11.3 Å². The topological polar surface area (TPSA) is 65.6 Å². The molecule has 2 saturated heterocycles. The third kappa shape index (κ3) is 4.34. The van der Waals surface area contributed by atoms with Crippen molar-refractivity contribution in [1.29, 1.82) is 0 Å². The monoisotopic (exact) mass is 381 g/mol. The molecule has 0 aliphatic carbocycles. The minimum absolute atomic E-state index is 0.160. The number of rotatable bonds is 4. The lowest BCUT2D eigenvalue weighted by Crippen LogP contribution is -2.46. The average molecular weight is 381 g/mol. The van der Waals surface area contributed by atoms with Crippen LogP contribution in [-0.4, -0.2) is 66.6 Å². The van der Waals surface area contributed by atoms with Gasteiger partial charge in [0.2, 0.25) is 0 Å². The van der Waals surface area contributed by atoms with E-state index >= 15 is 0 Å². The van der Waals surface area contributed by atoms with Gasteiger partial charge in [0.05, 0.1) is 13.2 Å². The minimum Gasteiger partial charge on any atom is -0.379 e. The number of nitrogens with zero attached hydrogens (tertiary/aromatic N) is 2. The highest BCUT2D eigenvalue weighted by Gasteiger charge is 2.27. The van der Waals surface area contributed by atoms with E-state index in [2.05, 4.69) is 9.88 Å². The van der Waals surface area contributed by atoms with Crippen LogP contribution in [0.1, 0.15) is 23.2 Å². The van der Waals surface area contributed by atoms with E-state index < -0.39 is 0 Å². The number of piperidine rings is 1. The van der Waals surface area contributed by atoms with Crippen LogP contribution in [0.5, 0.6) is 0 Å². The fourth-order valence-corrected chi connectivity index (χ4v) is 4.15. The lowest BCUT2D eigenvalue weighted by molar-refractivity contribution is 0.0223. The fourth-order valence-electron chi connectivity index (χ4n) is 4.15. The van der Waals surface area contributed by atoms with Crippen molar-refractivity contribution >= 4 is 5.91 Å². The molecular formula is C22H27N3O3. The first-order chi connectivity index (χ1) is 13.7. The number of amides is 1. The molecule has 0 saturated carbocycles. The molecule has 1 amide bonds. The highest BCUT2D eigenvalue weighted by atomic mass is 16.5. The third-order valence-corrected chi connectivity index (χ3v) is 5.65. The van der Waals surface area contributed by atoms with Gasteiger partial charge in [-0.05, 0) is 36.5 Å². The molecule has 2 aliphatic rings. The second-order valence-corrected chi connectivity index (χ2v) is 7.65. The summed E-state index contributed by atoms with van der Waals surface area (Å²) in [6.45, 7) is 5.94. The number of hydrogen-bond donors (Lipinski definition) is 1. The number of benzene rings is 1. The van der Waals surface area contributed by atoms with E-state index in [0.717, 1.165) is 70.0 Å². The lowest BCUT2D eigenvalue weighted by atomic mass is 9.96. The summed E-state index contributed by atoms with van der Waals surface area (Å²) in [7, 11) is 0. The Balaban J connectivity index is 1.44.